The first-order valence-corrected chi connectivity index (χ1v) is 10.6. The molecule has 1 aliphatic rings. The first-order valence-electron chi connectivity index (χ1n) is 10.6. The Morgan fingerprint density at radius 3 is 2.23 bits per heavy atom. The lowest BCUT2D eigenvalue weighted by Crippen LogP contribution is -2.49. The van der Waals surface area contributed by atoms with Gasteiger partial charge in [0.15, 0.2) is 11.5 Å². The molecule has 0 aliphatic carbocycles. The van der Waals surface area contributed by atoms with E-state index in [2.05, 4.69) is 11.6 Å². The highest BCUT2D eigenvalue weighted by molar-refractivity contribution is 6.15. The Morgan fingerprint density at radius 2 is 1.66 bits per heavy atom. The standard InChI is InChI=1S/C26H24N2O7/c1-15-23(28(25(15)29)17-11-21(32-3)24(34-5)22(12-17)33-4)19-9-8-18(31-2)13-20(19)35-26(30)16-7-6-10-27-14-16/h6-14,23H,1H2,2-5H3. The van der Waals surface area contributed by atoms with Gasteiger partial charge in [0, 0.05) is 41.7 Å². The van der Waals surface area contributed by atoms with Crippen LogP contribution >= 0.6 is 0 Å². The molecule has 0 spiro atoms. The molecule has 3 aromatic rings. The molecule has 1 aromatic heterocycles. The van der Waals surface area contributed by atoms with Gasteiger partial charge in [0.1, 0.15) is 11.5 Å². The summed E-state index contributed by atoms with van der Waals surface area (Å²) in [6.45, 7) is 3.95. The lowest BCUT2D eigenvalue weighted by Gasteiger charge is -2.43. The van der Waals surface area contributed by atoms with Crippen molar-refractivity contribution in [3.63, 3.8) is 0 Å². The molecule has 2 aromatic carbocycles. The van der Waals surface area contributed by atoms with E-state index in [1.807, 2.05) is 0 Å². The second-order valence-electron chi connectivity index (χ2n) is 7.52. The van der Waals surface area contributed by atoms with Crippen LogP contribution in [0.4, 0.5) is 5.69 Å². The highest BCUT2D eigenvalue weighted by Crippen LogP contribution is 2.49. The van der Waals surface area contributed by atoms with Crippen LogP contribution < -0.4 is 28.6 Å². The van der Waals surface area contributed by atoms with E-state index in [-0.39, 0.29) is 17.2 Å². The number of aromatic nitrogens is 1. The molecule has 0 bridgehead atoms. The third-order valence-corrected chi connectivity index (χ3v) is 5.62. The summed E-state index contributed by atoms with van der Waals surface area (Å²) in [5.41, 5.74) is 1.68. The lowest BCUT2D eigenvalue weighted by atomic mass is 9.87. The van der Waals surface area contributed by atoms with Gasteiger partial charge in [-0.3, -0.25) is 14.7 Å². The van der Waals surface area contributed by atoms with E-state index < -0.39 is 12.0 Å². The highest BCUT2D eigenvalue weighted by Gasteiger charge is 2.45. The van der Waals surface area contributed by atoms with Crippen molar-refractivity contribution < 1.29 is 33.3 Å². The molecule has 1 amide bonds. The fourth-order valence-corrected chi connectivity index (χ4v) is 3.88. The molecule has 4 rings (SSSR count). The molecule has 1 saturated heterocycles. The van der Waals surface area contributed by atoms with Crippen LogP contribution in [0.1, 0.15) is 22.0 Å². The second-order valence-corrected chi connectivity index (χ2v) is 7.52. The number of nitrogens with zero attached hydrogens (tertiary/aromatic N) is 2. The summed E-state index contributed by atoms with van der Waals surface area (Å²) in [7, 11) is 6.00. The number of ether oxygens (including phenoxy) is 5. The quantitative estimate of drug-likeness (QED) is 0.209. The number of benzene rings is 2. The Balaban J connectivity index is 1.77. The third-order valence-electron chi connectivity index (χ3n) is 5.62. The second kappa shape index (κ2) is 9.76. The number of rotatable bonds is 8. The summed E-state index contributed by atoms with van der Waals surface area (Å²) >= 11 is 0. The van der Waals surface area contributed by atoms with E-state index in [1.54, 1.807) is 48.7 Å². The van der Waals surface area contributed by atoms with Crippen molar-refractivity contribution in [3.05, 3.63) is 78.1 Å². The van der Waals surface area contributed by atoms with Gasteiger partial charge < -0.3 is 23.7 Å². The predicted molar refractivity (Wildman–Crippen MR) is 128 cm³/mol. The Hall–Kier alpha value is -4.53. The number of pyridine rings is 1. The summed E-state index contributed by atoms with van der Waals surface area (Å²) in [6, 6.07) is 11.0. The van der Waals surface area contributed by atoms with E-state index in [9.17, 15) is 9.59 Å². The Bertz CT molecular complexity index is 1270. The van der Waals surface area contributed by atoms with Crippen LogP contribution in [-0.4, -0.2) is 45.3 Å². The smallest absolute Gasteiger partial charge is 0.345 e. The minimum atomic E-state index is -0.604. The molecule has 35 heavy (non-hydrogen) atoms. The molecule has 0 N–H and O–H groups in total. The van der Waals surface area contributed by atoms with Crippen LogP contribution in [0.3, 0.4) is 0 Å². The van der Waals surface area contributed by atoms with Gasteiger partial charge >= 0.3 is 5.97 Å². The number of hydrogen-bond acceptors (Lipinski definition) is 8. The molecular formula is C26H24N2O7. The van der Waals surface area contributed by atoms with Gasteiger partial charge in [0.05, 0.1) is 45.7 Å². The van der Waals surface area contributed by atoms with Crippen LogP contribution in [0.5, 0.6) is 28.7 Å². The van der Waals surface area contributed by atoms with Gasteiger partial charge in [-0.25, -0.2) is 4.79 Å². The van der Waals surface area contributed by atoms with E-state index in [0.29, 0.717) is 39.8 Å². The maximum absolute atomic E-state index is 13.0. The third kappa shape index (κ3) is 4.23. The average molecular weight is 476 g/mol. The number of carbonyl (C=O) groups is 2. The molecule has 1 aliphatic heterocycles. The summed E-state index contributed by atoms with van der Waals surface area (Å²) in [5, 5.41) is 0. The van der Waals surface area contributed by atoms with Gasteiger partial charge in [-0.2, -0.15) is 0 Å². The van der Waals surface area contributed by atoms with Crippen molar-refractivity contribution >= 4 is 17.6 Å². The average Bonchev–Trinajstić information content (AvgIpc) is 2.90. The first-order chi connectivity index (χ1) is 16.9. The zero-order chi connectivity index (χ0) is 25.1. The van der Waals surface area contributed by atoms with Gasteiger partial charge in [-0.05, 0) is 24.3 Å². The molecule has 1 atom stereocenters. The number of carbonyl (C=O) groups excluding carboxylic acids is 2. The van der Waals surface area contributed by atoms with Crippen molar-refractivity contribution in [1.29, 1.82) is 0 Å². The molecule has 9 nitrogen and oxygen atoms in total. The minimum Gasteiger partial charge on any atom is -0.497 e. The summed E-state index contributed by atoms with van der Waals surface area (Å²) in [4.78, 5) is 31.2. The minimum absolute atomic E-state index is 0.231. The largest absolute Gasteiger partial charge is 0.497 e. The number of methoxy groups -OCH3 is 4. The van der Waals surface area contributed by atoms with Crippen molar-refractivity contribution in [2.75, 3.05) is 33.3 Å². The van der Waals surface area contributed by atoms with Crippen molar-refractivity contribution in [1.82, 2.24) is 4.98 Å². The van der Waals surface area contributed by atoms with Crippen LogP contribution in [-0.2, 0) is 4.79 Å². The van der Waals surface area contributed by atoms with Gasteiger partial charge in [0.2, 0.25) is 5.75 Å². The normalized spacial score (nSPS) is 14.7. The van der Waals surface area contributed by atoms with Gasteiger partial charge in [0.25, 0.3) is 5.91 Å². The van der Waals surface area contributed by atoms with Crippen LogP contribution in [0.25, 0.3) is 0 Å². The monoisotopic (exact) mass is 476 g/mol. The Kier molecular flexibility index (Phi) is 6.59. The van der Waals surface area contributed by atoms with Crippen LogP contribution in [0.15, 0.2) is 67.0 Å². The molecule has 1 fully saturated rings. The zero-order valence-corrected chi connectivity index (χ0v) is 19.7. The van der Waals surface area contributed by atoms with E-state index in [4.69, 9.17) is 23.7 Å². The maximum atomic E-state index is 13.0. The molecule has 1 unspecified atom stereocenters. The SMILES string of the molecule is C=C1C(=O)N(c2cc(OC)c(OC)c(OC)c2)C1c1ccc(OC)cc1OC(=O)c1cccnc1. The molecule has 9 heteroatoms. The van der Waals surface area contributed by atoms with Crippen molar-refractivity contribution in [2.45, 2.75) is 6.04 Å². The highest BCUT2D eigenvalue weighted by atomic mass is 16.5. The van der Waals surface area contributed by atoms with Gasteiger partial charge in [-0.1, -0.05) is 6.58 Å². The summed E-state index contributed by atoms with van der Waals surface area (Å²) < 4.78 is 27.3. The summed E-state index contributed by atoms with van der Waals surface area (Å²) in [5.74, 6) is 1.02. The Labute approximate surface area is 202 Å². The molecule has 2 heterocycles. The maximum Gasteiger partial charge on any atom is 0.345 e. The van der Waals surface area contributed by atoms with E-state index >= 15 is 0 Å². The predicted octanol–water partition coefficient (Wildman–Crippen LogP) is 3.98. The first kappa shape index (κ1) is 23.6. The van der Waals surface area contributed by atoms with Gasteiger partial charge in [-0.15, -0.1) is 0 Å². The molecule has 180 valence electrons. The number of β-lactam (4-membered cyclic amide) rings is 1. The lowest BCUT2D eigenvalue weighted by molar-refractivity contribution is -0.119. The van der Waals surface area contributed by atoms with Crippen molar-refractivity contribution in [3.8, 4) is 28.7 Å². The molecular weight excluding hydrogens is 452 g/mol. The zero-order valence-electron chi connectivity index (χ0n) is 19.7. The molecule has 0 radical (unpaired) electrons. The van der Waals surface area contributed by atoms with E-state index in [0.717, 1.165) is 0 Å². The van der Waals surface area contributed by atoms with Crippen LogP contribution in [0, 0.1) is 0 Å². The fourth-order valence-electron chi connectivity index (χ4n) is 3.88. The number of amides is 1. The van der Waals surface area contributed by atoms with Crippen molar-refractivity contribution in [2.24, 2.45) is 0 Å². The molecule has 0 saturated carbocycles. The van der Waals surface area contributed by atoms with Crippen LogP contribution in [0.2, 0.25) is 0 Å². The number of anilines is 1. The number of hydrogen-bond donors (Lipinski definition) is 0. The Morgan fingerprint density at radius 1 is 0.943 bits per heavy atom. The summed E-state index contributed by atoms with van der Waals surface area (Å²) in [6.07, 6.45) is 2.98. The van der Waals surface area contributed by atoms with E-state index in [1.165, 1.54) is 39.5 Å². The topological polar surface area (TPSA) is 96.4 Å². The fraction of sp³-hybridized carbons (Fsp3) is 0.192. The number of esters is 1.